The molecule has 0 aliphatic rings. The number of hydrogen-bond acceptors (Lipinski definition) is 5. The Morgan fingerprint density at radius 2 is 2.12 bits per heavy atom. The van der Waals surface area contributed by atoms with Gasteiger partial charge in [-0.2, -0.15) is 4.72 Å². The molecule has 0 saturated carbocycles. The van der Waals surface area contributed by atoms with Gasteiger partial charge in [0, 0.05) is 5.88 Å². The van der Waals surface area contributed by atoms with Crippen molar-refractivity contribution in [3.8, 4) is 0 Å². The minimum absolute atomic E-state index is 0.132. The maximum Gasteiger partial charge on any atom is 0.326 e. The number of aliphatic hydroxyl groups is 1. The van der Waals surface area contributed by atoms with Gasteiger partial charge in [0.15, 0.2) is 0 Å². The van der Waals surface area contributed by atoms with Gasteiger partial charge >= 0.3 is 5.97 Å². The molecule has 0 amide bonds. The number of nitrogens with one attached hydrogen (secondary N) is 1. The van der Waals surface area contributed by atoms with E-state index in [-0.39, 0.29) is 5.75 Å². The van der Waals surface area contributed by atoms with Gasteiger partial charge in [-0.15, -0.1) is 11.6 Å². The molecule has 0 aromatic heterocycles. The highest BCUT2D eigenvalue weighted by molar-refractivity contribution is 7.89. The van der Waals surface area contributed by atoms with E-state index in [0.717, 1.165) is 7.11 Å². The predicted octanol–water partition coefficient (Wildman–Crippen LogP) is -0.541. The zero-order valence-electron chi connectivity index (χ0n) is 8.98. The lowest BCUT2D eigenvalue weighted by molar-refractivity contribution is -0.143. The summed E-state index contributed by atoms with van der Waals surface area (Å²) in [6.07, 6.45) is 0.975. The highest BCUT2D eigenvalue weighted by Crippen LogP contribution is 1.98. The Kier molecular flexibility index (Phi) is 7.65. The van der Waals surface area contributed by atoms with Gasteiger partial charge in [0.25, 0.3) is 0 Å². The van der Waals surface area contributed by atoms with E-state index in [1.54, 1.807) is 0 Å². The van der Waals surface area contributed by atoms with Crippen LogP contribution >= 0.6 is 11.6 Å². The van der Waals surface area contributed by atoms with E-state index in [4.69, 9.17) is 16.7 Å². The molecule has 0 rings (SSSR count). The van der Waals surface area contributed by atoms with E-state index in [0.29, 0.717) is 18.7 Å². The predicted molar refractivity (Wildman–Crippen MR) is 59.8 cm³/mol. The second-order valence-corrected chi connectivity index (χ2v) is 5.34. The van der Waals surface area contributed by atoms with Crippen LogP contribution in [0.1, 0.15) is 12.8 Å². The molecule has 0 aliphatic heterocycles. The molecule has 0 spiro atoms. The molecule has 0 aromatic carbocycles. The number of methoxy groups -OCH3 is 1. The van der Waals surface area contributed by atoms with Gasteiger partial charge < -0.3 is 9.84 Å². The van der Waals surface area contributed by atoms with Gasteiger partial charge in [0.1, 0.15) is 6.04 Å². The van der Waals surface area contributed by atoms with Crippen molar-refractivity contribution < 1.29 is 23.1 Å². The van der Waals surface area contributed by atoms with Crippen molar-refractivity contribution in [1.29, 1.82) is 0 Å². The van der Waals surface area contributed by atoms with Gasteiger partial charge in [-0.3, -0.25) is 4.79 Å². The lowest BCUT2D eigenvalue weighted by Crippen LogP contribution is -2.44. The molecular formula is C8H16ClNO5S. The lowest BCUT2D eigenvalue weighted by atomic mass is 10.3. The maximum atomic E-state index is 11.4. The summed E-state index contributed by atoms with van der Waals surface area (Å²) in [6.45, 7) is -0.637. The van der Waals surface area contributed by atoms with Gasteiger partial charge in [0.05, 0.1) is 19.5 Å². The minimum Gasteiger partial charge on any atom is -0.468 e. The number of rotatable bonds is 8. The first-order valence-electron chi connectivity index (χ1n) is 4.71. The van der Waals surface area contributed by atoms with E-state index < -0.39 is 28.6 Å². The average molecular weight is 274 g/mol. The summed E-state index contributed by atoms with van der Waals surface area (Å²) in [4.78, 5) is 11.0. The van der Waals surface area contributed by atoms with Crippen molar-refractivity contribution >= 4 is 27.6 Å². The topological polar surface area (TPSA) is 92.7 Å². The first-order chi connectivity index (χ1) is 7.46. The SMILES string of the molecule is COC(=O)C(CO)NS(=O)(=O)CCCCCl. The van der Waals surface area contributed by atoms with Crippen LogP contribution in [0, 0.1) is 0 Å². The zero-order valence-corrected chi connectivity index (χ0v) is 10.6. The molecule has 0 radical (unpaired) electrons. The Bertz CT molecular complexity index is 306. The standard InChI is InChI=1S/C8H16ClNO5S/c1-15-8(12)7(6-11)10-16(13,14)5-3-2-4-9/h7,10-11H,2-6H2,1H3. The van der Waals surface area contributed by atoms with Crippen molar-refractivity contribution in [1.82, 2.24) is 4.72 Å². The molecule has 1 atom stereocenters. The molecule has 0 aromatic rings. The third kappa shape index (κ3) is 6.26. The summed E-state index contributed by atoms with van der Waals surface area (Å²) in [5, 5.41) is 8.81. The molecule has 16 heavy (non-hydrogen) atoms. The molecule has 96 valence electrons. The molecule has 0 fully saturated rings. The van der Waals surface area contributed by atoms with Crippen molar-refractivity contribution in [3.63, 3.8) is 0 Å². The quantitative estimate of drug-likeness (QED) is 0.352. The van der Waals surface area contributed by atoms with Crippen LogP contribution in [0.3, 0.4) is 0 Å². The number of halogens is 1. The molecule has 1 unspecified atom stereocenters. The van der Waals surface area contributed by atoms with Crippen LogP contribution in [-0.4, -0.2) is 50.9 Å². The van der Waals surface area contributed by atoms with Crippen LogP contribution in [-0.2, 0) is 19.6 Å². The number of carbonyl (C=O) groups excluding carboxylic acids is 1. The monoisotopic (exact) mass is 273 g/mol. The maximum absolute atomic E-state index is 11.4. The van der Waals surface area contributed by atoms with Crippen LogP contribution in [0.15, 0.2) is 0 Å². The number of alkyl halides is 1. The highest BCUT2D eigenvalue weighted by Gasteiger charge is 2.23. The number of aliphatic hydroxyl groups excluding tert-OH is 1. The van der Waals surface area contributed by atoms with Crippen molar-refractivity contribution in [2.24, 2.45) is 0 Å². The molecular weight excluding hydrogens is 258 g/mol. The van der Waals surface area contributed by atoms with Crippen molar-refractivity contribution in [2.45, 2.75) is 18.9 Å². The Morgan fingerprint density at radius 3 is 2.56 bits per heavy atom. The minimum atomic E-state index is -3.59. The number of ether oxygens (including phenoxy) is 1. The lowest BCUT2D eigenvalue weighted by Gasteiger charge is -2.13. The normalized spacial score (nSPS) is 13.4. The van der Waals surface area contributed by atoms with Crippen molar-refractivity contribution in [2.75, 3.05) is 25.3 Å². The second kappa shape index (κ2) is 7.83. The summed E-state index contributed by atoms with van der Waals surface area (Å²) in [5.41, 5.74) is 0. The molecule has 6 nitrogen and oxygen atoms in total. The average Bonchev–Trinajstić information content (AvgIpc) is 2.25. The number of sulfonamides is 1. The van der Waals surface area contributed by atoms with Gasteiger partial charge in [-0.1, -0.05) is 0 Å². The summed E-state index contributed by atoms with van der Waals surface area (Å²) in [6, 6.07) is -1.24. The van der Waals surface area contributed by atoms with Gasteiger partial charge in [-0.25, -0.2) is 8.42 Å². The fourth-order valence-electron chi connectivity index (χ4n) is 0.964. The van der Waals surface area contributed by atoms with Crippen LogP contribution in [0.4, 0.5) is 0 Å². The Balaban J connectivity index is 4.26. The van der Waals surface area contributed by atoms with E-state index >= 15 is 0 Å². The van der Waals surface area contributed by atoms with Gasteiger partial charge in [-0.05, 0) is 12.8 Å². The highest BCUT2D eigenvalue weighted by atomic mass is 35.5. The largest absolute Gasteiger partial charge is 0.468 e. The zero-order chi connectivity index (χ0) is 12.6. The summed E-state index contributed by atoms with van der Waals surface area (Å²) >= 11 is 5.41. The number of unbranched alkanes of at least 4 members (excludes halogenated alkanes) is 1. The fourth-order valence-corrected chi connectivity index (χ4v) is 2.46. The summed E-state index contributed by atoms with van der Waals surface area (Å²) < 4.78 is 29.2. The van der Waals surface area contributed by atoms with Crippen LogP contribution < -0.4 is 4.72 Å². The van der Waals surface area contributed by atoms with E-state index in [1.165, 1.54) is 0 Å². The smallest absolute Gasteiger partial charge is 0.326 e. The first kappa shape index (κ1) is 15.6. The Hall–Kier alpha value is -0.370. The van der Waals surface area contributed by atoms with Crippen LogP contribution in [0.25, 0.3) is 0 Å². The molecule has 0 bridgehead atoms. The molecule has 0 saturated heterocycles. The molecule has 0 aliphatic carbocycles. The van der Waals surface area contributed by atoms with Crippen LogP contribution in [0.5, 0.6) is 0 Å². The van der Waals surface area contributed by atoms with Crippen LogP contribution in [0.2, 0.25) is 0 Å². The molecule has 8 heteroatoms. The van der Waals surface area contributed by atoms with E-state index in [1.807, 2.05) is 0 Å². The summed E-state index contributed by atoms with van der Waals surface area (Å²) in [7, 11) is -2.47. The fraction of sp³-hybridized carbons (Fsp3) is 0.875. The summed E-state index contributed by atoms with van der Waals surface area (Å²) in [5.74, 6) is -0.563. The number of hydrogen-bond donors (Lipinski definition) is 2. The Morgan fingerprint density at radius 1 is 1.50 bits per heavy atom. The van der Waals surface area contributed by atoms with E-state index in [9.17, 15) is 13.2 Å². The third-order valence-electron chi connectivity index (χ3n) is 1.79. The molecule has 0 heterocycles. The Labute approximate surface area is 100.0 Å². The number of carbonyl (C=O) groups is 1. The first-order valence-corrected chi connectivity index (χ1v) is 6.90. The second-order valence-electron chi connectivity index (χ2n) is 3.09. The van der Waals surface area contributed by atoms with Crippen molar-refractivity contribution in [3.05, 3.63) is 0 Å². The van der Waals surface area contributed by atoms with E-state index in [2.05, 4.69) is 9.46 Å². The van der Waals surface area contributed by atoms with Gasteiger partial charge in [0.2, 0.25) is 10.0 Å². The molecule has 2 N–H and O–H groups in total. The number of esters is 1. The third-order valence-corrected chi connectivity index (χ3v) is 3.52.